The number of likely N-dealkylation sites (tertiary alicyclic amines) is 1. The second-order valence-electron chi connectivity index (χ2n) is 6.53. The maximum atomic E-state index is 12.2. The van der Waals surface area contributed by atoms with Gasteiger partial charge in [0.05, 0.1) is 18.8 Å². The predicted octanol–water partition coefficient (Wildman–Crippen LogP) is 1.96. The van der Waals surface area contributed by atoms with Crippen LogP contribution in [0, 0.1) is 11.3 Å². The van der Waals surface area contributed by atoms with Gasteiger partial charge in [0.25, 0.3) is 0 Å². The molecule has 2 heterocycles. The number of nitrogens with zero attached hydrogens (tertiary/aromatic N) is 3. The van der Waals surface area contributed by atoms with E-state index in [2.05, 4.69) is 26.5 Å². The molecule has 1 aromatic rings. The lowest BCUT2D eigenvalue weighted by Crippen LogP contribution is -2.50. The van der Waals surface area contributed by atoms with E-state index < -0.39 is 5.54 Å². The molecule has 2 fully saturated rings. The highest BCUT2D eigenvalue weighted by molar-refractivity contribution is 5.85. The lowest BCUT2D eigenvalue weighted by Gasteiger charge is -2.32. The van der Waals surface area contributed by atoms with Gasteiger partial charge in [-0.3, -0.25) is 14.8 Å². The van der Waals surface area contributed by atoms with Gasteiger partial charge in [0, 0.05) is 6.20 Å². The zero-order valence-corrected chi connectivity index (χ0v) is 14.1. The SMILES string of the molecule is Cl.N#CC1(NC(=O)CN2CCC(c3cn[nH]c3)CC2)CCCC1. The minimum Gasteiger partial charge on any atom is -0.337 e. The number of amides is 1. The number of carbonyl (C=O) groups excluding carboxylic acids is 1. The van der Waals surface area contributed by atoms with Crippen molar-refractivity contribution in [2.75, 3.05) is 19.6 Å². The average molecular weight is 338 g/mol. The number of H-pyrrole nitrogens is 1. The van der Waals surface area contributed by atoms with Gasteiger partial charge < -0.3 is 5.32 Å². The number of aromatic nitrogens is 2. The van der Waals surface area contributed by atoms with Crippen LogP contribution in [0.2, 0.25) is 0 Å². The van der Waals surface area contributed by atoms with E-state index in [1.54, 1.807) is 0 Å². The van der Waals surface area contributed by atoms with Crippen molar-refractivity contribution in [1.82, 2.24) is 20.4 Å². The Morgan fingerprint density at radius 2 is 2.13 bits per heavy atom. The number of halogens is 1. The molecule has 2 aliphatic rings. The van der Waals surface area contributed by atoms with E-state index in [9.17, 15) is 10.1 Å². The van der Waals surface area contributed by atoms with Crippen LogP contribution in [-0.4, -0.2) is 46.2 Å². The molecule has 23 heavy (non-hydrogen) atoms. The molecule has 0 spiro atoms. The summed E-state index contributed by atoms with van der Waals surface area (Å²) in [6, 6.07) is 2.31. The standard InChI is InChI=1S/C16H23N5O.ClH/c17-12-16(5-1-2-6-16)20-15(22)11-21-7-3-13(4-8-21)14-9-18-19-10-14;/h9-10,13H,1-8,11H2,(H,18,19)(H,20,22);1H. The Bertz CT molecular complexity index is 539. The highest BCUT2D eigenvalue weighted by Crippen LogP contribution is 2.29. The maximum absolute atomic E-state index is 12.2. The van der Waals surface area contributed by atoms with Crippen molar-refractivity contribution < 1.29 is 4.79 Å². The summed E-state index contributed by atoms with van der Waals surface area (Å²) in [4.78, 5) is 14.4. The maximum Gasteiger partial charge on any atom is 0.235 e. The Morgan fingerprint density at radius 3 is 2.70 bits per heavy atom. The molecule has 1 saturated heterocycles. The van der Waals surface area contributed by atoms with Crippen molar-refractivity contribution in [1.29, 1.82) is 5.26 Å². The molecule has 6 nitrogen and oxygen atoms in total. The fourth-order valence-corrected chi connectivity index (χ4v) is 3.66. The molecule has 3 rings (SSSR count). The largest absolute Gasteiger partial charge is 0.337 e. The first-order valence-electron chi connectivity index (χ1n) is 8.14. The van der Waals surface area contributed by atoms with Gasteiger partial charge in [-0.05, 0) is 63.1 Å². The number of hydrogen-bond acceptors (Lipinski definition) is 4. The van der Waals surface area contributed by atoms with Crippen molar-refractivity contribution in [3.63, 3.8) is 0 Å². The number of nitriles is 1. The Labute approximate surface area is 143 Å². The van der Waals surface area contributed by atoms with E-state index in [4.69, 9.17) is 0 Å². The minimum absolute atomic E-state index is 0. The summed E-state index contributed by atoms with van der Waals surface area (Å²) in [5, 5.41) is 19.2. The summed E-state index contributed by atoms with van der Waals surface area (Å²) < 4.78 is 0. The van der Waals surface area contributed by atoms with Gasteiger partial charge in [0.2, 0.25) is 5.91 Å². The van der Waals surface area contributed by atoms with Crippen molar-refractivity contribution in [2.45, 2.75) is 50.0 Å². The molecule has 1 saturated carbocycles. The van der Waals surface area contributed by atoms with Crippen molar-refractivity contribution in [2.24, 2.45) is 0 Å². The second kappa shape index (κ2) is 7.80. The predicted molar refractivity (Wildman–Crippen MR) is 89.2 cm³/mol. The summed E-state index contributed by atoms with van der Waals surface area (Å²) in [5.74, 6) is 0.531. The first-order valence-corrected chi connectivity index (χ1v) is 8.14. The van der Waals surface area contributed by atoms with Crippen molar-refractivity contribution in [3.8, 4) is 6.07 Å². The topological polar surface area (TPSA) is 84.8 Å². The molecule has 1 aliphatic carbocycles. The lowest BCUT2D eigenvalue weighted by atomic mass is 9.91. The average Bonchev–Trinajstić information content (AvgIpc) is 3.20. The third-order valence-corrected chi connectivity index (χ3v) is 5.00. The van der Waals surface area contributed by atoms with E-state index in [1.165, 1.54) is 5.56 Å². The number of hydrogen-bond donors (Lipinski definition) is 2. The second-order valence-corrected chi connectivity index (χ2v) is 6.53. The molecule has 1 aliphatic heterocycles. The van der Waals surface area contributed by atoms with E-state index in [-0.39, 0.29) is 18.3 Å². The third kappa shape index (κ3) is 4.24. The van der Waals surface area contributed by atoms with Crippen molar-refractivity contribution in [3.05, 3.63) is 18.0 Å². The Hall–Kier alpha value is -1.58. The smallest absolute Gasteiger partial charge is 0.235 e. The first kappa shape index (κ1) is 17.8. The van der Waals surface area contributed by atoms with Gasteiger partial charge in [-0.2, -0.15) is 10.4 Å². The Morgan fingerprint density at radius 1 is 1.43 bits per heavy atom. The zero-order valence-electron chi connectivity index (χ0n) is 13.3. The van der Waals surface area contributed by atoms with E-state index in [1.807, 2.05) is 12.4 Å². The zero-order chi connectivity index (χ0) is 15.4. The van der Waals surface area contributed by atoms with Gasteiger partial charge in [-0.15, -0.1) is 12.4 Å². The summed E-state index contributed by atoms with van der Waals surface area (Å²) in [6.45, 7) is 2.24. The van der Waals surface area contributed by atoms with Gasteiger partial charge in [-0.25, -0.2) is 0 Å². The molecule has 0 atom stereocenters. The Kier molecular flexibility index (Phi) is 6.03. The molecule has 0 radical (unpaired) electrons. The van der Waals surface area contributed by atoms with Crippen LogP contribution in [0.3, 0.4) is 0 Å². The molecular weight excluding hydrogens is 314 g/mol. The van der Waals surface area contributed by atoms with Gasteiger partial charge >= 0.3 is 0 Å². The van der Waals surface area contributed by atoms with Gasteiger partial charge in [-0.1, -0.05) is 0 Å². The normalized spacial score (nSPS) is 21.3. The molecule has 0 aromatic carbocycles. The Balaban J connectivity index is 0.00000192. The highest BCUT2D eigenvalue weighted by Gasteiger charge is 2.35. The van der Waals surface area contributed by atoms with Crippen LogP contribution >= 0.6 is 12.4 Å². The van der Waals surface area contributed by atoms with Crippen LogP contribution in [0.4, 0.5) is 0 Å². The number of piperidine rings is 1. The molecule has 0 unspecified atom stereocenters. The van der Waals surface area contributed by atoms with Crippen molar-refractivity contribution >= 4 is 18.3 Å². The van der Waals surface area contributed by atoms with Crippen LogP contribution in [-0.2, 0) is 4.79 Å². The van der Waals surface area contributed by atoms with E-state index in [0.717, 1.165) is 51.6 Å². The summed E-state index contributed by atoms with van der Waals surface area (Å²) in [6.07, 6.45) is 9.60. The third-order valence-electron chi connectivity index (χ3n) is 5.00. The van der Waals surface area contributed by atoms with E-state index in [0.29, 0.717) is 12.5 Å². The number of aromatic amines is 1. The van der Waals surface area contributed by atoms with E-state index >= 15 is 0 Å². The number of rotatable bonds is 4. The molecular formula is C16H24ClN5O. The molecule has 2 N–H and O–H groups in total. The van der Waals surface area contributed by atoms with Crippen LogP contribution in [0.25, 0.3) is 0 Å². The molecule has 126 valence electrons. The number of carbonyl (C=O) groups is 1. The van der Waals surface area contributed by atoms with Crippen LogP contribution < -0.4 is 5.32 Å². The molecule has 7 heteroatoms. The van der Waals surface area contributed by atoms with Gasteiger partial charge in [0.1, 0.15) is 5.54 Å². The van der Waals surface area contributed by atoms with Gasteiger partial charge in [0.15, 0.2) is 0 Å². The highest BCUT2D eigenvalue weighted by atomic mass is 35.5. The molecule has 1 aromatic heterocycles. The fraction of sp³-hybridized carbons (Fsp3) is 0.688. The minimum atomic E-state index is -0.605. The van der Waals surface area contributed by atoms with Crippen LogP contribution in [0.1, 0.15) is 50.0 Å². The number of nitrogens with one attached hydrogen (secondary N) is 2. The summed E-state index contributed by atoms with van der Waals surface area (Å²) in [5.41, 5.74) is 0.658. The molecule has 1 amide bonds. The molecule has 0 bridgehead atoms. The van der Waals surface area contributed by atoms with Crippen LogP contribution in [0.15, 0.2) is 12.4 Å². The quantitative estimate of drug-likeness (QED) is 0.879. The first-order chi connectivity index (χ1) is 10.7. The summed E-state index contributed by atoms with van der Waals surface area (Å²) >= 11 is 0. The monoisotopic (exact) mass is 337 g/mol. The summed E-state index contributed by atoms with van der Waals surface area (Å²) in [7, 11) is 0. The fourth-order valence-electron chi connectivity index (χ4n) is 3.66. The lowest BCUT2D eigenvalue weighted by molar-refractivity contribution is -0.123. The van der Waals surface area contributed by atoms with Crippen LogP contribution in [0.5, 0.6) is 0 Å².